The van der Waals surface area contributed by atoms with E-state index < -0.39 is 0 Å². The number of hydrogen-bond acceptors (Lipinski definition) is 1. The highest BCUT2D eigenvalue weighted by Crippen LogP contribution is 2.04. The molecule has 0 radical (unpaired) electrons. The van der Waals surface area contributed by atoms with Crippen LogP contribution in [0.1, 0.15) is 39.5 Å². The van der Waals surface area contributed by atoms with E-state index in [4.69, 9.17) is 4.74 Å². The van der Waals surface area contributed by atoms with E-state index in [0.717, 1.165) is 6.42 Å². The summed E-state index contributed by atoms with van der Waals surface area (Å²) in [5.41, 5.74) is 0. The van der Waals surface area contributed by atoms with Crippen LogP contribution >= 0.6 is 0 Å². The van der Waals surface area contributed by atoms with E-state index in [1.165, 1.54) is 19.3 Å². The third-order valence-electron chi connectivity index (χ3n) is 1.66. The molecule has 0 N–H and O–H groups in total. The van der Waals surface area contributed by atoms with Gasteiger partial charge >= 0.3 is 0 Å². The van der Waals surface area contributed by atoms with Crippen LogP contribution in [0.2, 0.25) is 0 Å². The molecule has 0 aromatic carbocycles. The van der Waals surface area contributed by atoms with Crippen LogP contribution < -0.4 is 0 Å². The van der Waals surface area contributed by atoms with E-state index in [9.17, 15) is 0 Å². The molecule has 0 rings (SSSR count). The van der Waals surface area contributed by atoms with Gasteiger partial charge in [-0.2, -0.15) is 0 Å². The first kappa shape index (κ1) is 10.5. The summed E-state index contributed by atoms with van der Waals surface area (Å²) in [7, 11) is 1.72. The largest absolute Gasteiger partial charge is 0.369 e. The van der Waals surface area contributed by atoms with Crippen molar-refractivity contribution in [2.75, 3.05) is 7.11 Å². The lowest BCUT2D eigenvalue weighted by atomic mass is 10.1. The van der Waals surface area contributed by atoms with Gasteiger partial charge in [-0.25, -0.2) is 0 Å². The van der Waals surface area contributed by atoms with Gasteiger partial charge in [0.15, 0.2) is 0 Å². The molecule has 0 spiro atoms. The molecule has 11 heavy (non-hydrogen) atoms. The van der Waals surface area contributed by atoms with Gasteiger partial charge in [-0.05, 0) is 19.8 Å². The summed E-state index contributed by atoms with van der Waals surface area (Å²) < 4.78 is 5.16. The molecule has 0 aliphatic heterocycles. The van der Waals surface area contributed by atoms with Crippen LogP contribution in [0.3, 0.4) is 0 Å². The van der Waals surface area contributed by atoms with Crippen LogP contribution in [0.15, 0.2) is 0 Å². The van der Waals surface area contributed by atoms with Crippen LogP contribution in [0.25, 0.3) is 0 Å². The standard InChI is InChI=1S/C10H18O/c1-4-6-7-9-10(11-3)8-5-2/h10H,4,6-7,9H2,1-3H3. The Labute approximate surface area is 70.1 Å². The highest BCUT2D eigenvalue weighted by molar-refractivity contribution is 5.02. The van der Waals surface area contributed by atoms with Crippen LogP contribution in [-0.4, -0.2) is 13.2 Å². The van der Waals surface area contributed by atoms with E-state index in [1.807, 2.05) is 6.92 Å². The topological polar surface area (TPSA) is 9.23 Å². The fourth-order valence-electron chi connectivity index (χ4n) is 0.990. The summed E-state index contributed by atoms with van der Waals surface area (Å²) in [5, 5.41) is 0. The molecule has 64 valence electrons. The molecule has 0 aliphatic carbocycles. The average molecular weight is 154 g/mol. The van der Waals surface area contributed by atoms with Crippen molar-refractivity contribution in [1.29, 1.82) is 0 Å². The maximum atomic E-state index is 5.16. The smallest absolute Gasteiger partial charge is 0.117 e. The number of rotatable bonds is 5. The Bertz CT molecular complexity index is 130. The predicted molar refractivity (Wildman–Crippen MR) is 48.4 cm³/mol. The molecule has 1 nitrogen and oxygen atoms in total. The summed E-state index contributed by atoms with van der Waals surface area (Å²) in [6.07, 6.45) is 5.00. The van der Waals surface area contributed by atoms with Crippen LogP contribution in [0.5, 0.6) is 0 Å². The van der Waals surface area contributed by atoms with Crippen LogP contribution in [0.4, 0.5) is 0 Å². The Hall–Kier alpha value is -0.480. The monoisotopic (exact) mass is 154 g/mol. The second-order valence-corrected chi connectivity index (χ2v) is 2.61. The molecule has 0 aromatic rings. The zero-order valence-corrected chi connectivity index (χ0v) is 7.81. The number of ether oxygens (including phenoxy) is 1. The van der Waals surface area contributed by atoms with E-state index in [-0.39, 0.29) is 6.10 Å². The molecule has 0 saturated carbocycles. The Balaban J connectivity index is 3.41. The van der Waals surface area contributed by atoms with Gasteiger partial charge in [-0.1, -0.05) is 25.7 Å². The van der Waals surface area contributed by atoms with Crippen molar-refractivity contribution in [3.05, 3.63) is 0 Å². The summed E-state index contributed by atoms with van der Waals surface area (Å²) in [4.78, 5) is 0. The second-order valence-electron chi connectivity index (χ2n) is 2.61. The van der Waals surface area contributed by atoms with Crippen molar-refractivity contribution in [2.24, 2.45) is 0 Å². The maximum Gasteiger partial charge on any atom is 0.117 e. The van der Waals surface area contributed by atoms with Crippen molar-refractivity contribution in [3.63, 3.8) is 0 Å². The molecule has 0 aliphatic rings. The van der Waals surface area contributed by atoms with Crippen molar-refractivity contribution in [3.8, 4) is 11.8 Å². The average Bonchev–Trinajstić information content (AvgIpc) is 2.03. The molecule has 0 heterocycles. The Morgan fingerprint density at radius 3 is 2.55 bits per heavy atom. The van der Waals surface area contributed by atoms with Gasteiger partial charge in [0, 0.05) is 7.11 Å². The van der Waals surface area contributed by atoms with Crippen molar-refractivity contribution in [2.45, 2.75) is 45.6 Å². The third kappa shape index (κ3) is 5.94. The number of unbranched alkanes of at least 4 members (excludes halogenated alkanes) is 2. The van der Waals surface area contributed by atoms with Crippen molar-refractivity contribution in [1.82, 2.24) is 0 Å². The van der Waals surface area contributed by atoms with Gasteiger partial charge in [-0.15, -0.1) is 5.92 Å². The van der Waals surface area contributed by atoms with Crippen molar-refractivity contribution >= 4 is 0 Å². The van der Waals surface area contributed by atoms with E-state index in [0.29, 0.717) is 0 Å². The summed E-state index contributed by atoms with van der Waals surface area (Å²) in [6.45, 7) is 4.05. The Kier molecular flexibility index (Phi) is 7.29. The number of methoxy groups -OCH3 is 1. The zero-order valence-electron chi connectivity index (χ0n) is 7.81. The van der Waals surface area contributed by atoms with E-state index >= 15 is 0 Å². The van der Waals surface area contributed by atoms with Gasteiger partial charge in [0.2, 0.25) is 0 Å². The first-order valence-corrected chi connectivity index (χ1v) is 4.30. The molecule has 0 bridgehead atoms. The van der Waals surface area contributed by atoms with Gasteiger partial charge in [0.05, 0.1) is 0 Å². The highest BCUT2D eigenvalue weighted by atomic mass is 16.5. The van der Waals surface area contributed by atoms with E-state index in [1.54, 1.807) is 7.11 Å². The first-order chi connectivity index (χ1) is 5.35. The van der Waals surface area contributed by atoms with Gasteiger partial charge in [0.25, 0.3) is 0 Å². The highest BCUT2D eigenvalue weighted by Gasteiger charge is 2.00. The fourth-order valence-corrected chi connectivity index (χ4v) is 0.990. The summed E-state index contributed by atoms with van der Waals surface area (Å²) in [6, 6.07) is 0. The lowest BCUT2D eigenvalue weighted by Gasteiger charge is -2.06. The molecule has 0 saturated heterocycles. The first-order valence-electron chi connectivity index (χ1n) is 4.30. The molecule has 1 unspecified atom stereocenters. The lowest BCUT2D eigenvalue weighted by molar-refractivity contribution is 0.138. The minimum atomic E-state index is 0.159. The summed E-state index contributed by atoms with van der Waals surface area (Å²) in [5.74, 6) is 5.89. The lowest BCUT2D eigenvalue weighted by Crippen LogP contribution is -2.06. The molecule has 0 aromatic heterocycles. The molecular formula is C10H18O. The molecular weight excluding hydrogens is 136 g/mol. The molecule has 1 atom stereocenters. The Morgan fingerprint density at radius 1 is 1.36 bits per heavy atom. The van der Waals surface area contributed by atoms with E-state index in [2.05, 4.69) is 18.8 Å². The SMILES string of the molecule is CC#CC(CCCCC)OC. The van der Waals surface area contributed by atoms with Gasteiger partial charge in [-0.3, -0.25) is 0 Å². The second kappa shape index (κ2) is 7.63. The van der Waals surface area contributed by atoms with Gasteiger partial charge < -0.3 is 4.74 Å². The number of hydrogen-bond donors (Lipinski definition) is 0. The van der Waals surface area contributed by atoms with Crippen molar-refractivity contribution < 1.29 is 4.74 Å². The minimum absolute atomic E-state index is 0.159. The predicted octanol–water partition coefficient (Wildman–Crippen LogP) is 2.61. The molecule has 1 heteroatoms. The normalized spacial score (nSPS) is 11.9. The molecule has 0 fully saturated rings. The summed E-state index contributed by atoms with van der Waals surface area (Å²) >= 11 is 0. The third-order valence-corrected chi connectivity index (χ3v) is 1.66. The Morgan fingerprint density at radius 2 is 2.09 bits per heavy atom. The maximum absolute atomic E-state index is 5.16. The molecule has 0 amide bonds. The van der Waals surface area contributed by atoms with Crippen LogP contribution in [0, 0.1) is 11.8 Å². The quantitative estimate of drug-likeness (QED) is 0.437. The van der Waals surface area contributed by atoms with Gasteiger partial charge in [0.1, 0.15) is 6.10 Å². The zero-order chi connectivity index (χ0) is 8.53. The minimum Gasteiger partial charge on any atom is -0.369 e. The van der Waals surface area contributed by atoms with Crippen LogP contribution in [-0.2, 0) is 4.74 Å². The fraction of sp³-hybridized carbons (Fsp3) is 0.800.